The number of carbonyl (C=O) groups excluding carboxylic acids is 2. The smallest absolute Gasteiger partial charge is 0.251 e. The van der Waals surface area contributed by atoms with Gasteiger partial charge in [-0.05, 0) is 42.0 Å². The van der Waals surface area contributed by atoms with E-state index in [1.54, 1.807) is 24.3 Å². The molecule has 0 atom stereocenters. The number of nitrogens with zero attached hydrogens (tertiary/aromatic N) is 2. The monoisotopic (exact) mass is 443 g/mol. The molecule has 0 spiro atoms. The molecule has 0 aliphatic carbocycles. The van der Waals surface area contributed by atoms with Crippen LogP contribution in [0.5, 0.6) is 5.75 Å². The zero-order chi connectivity index (χ0) is 22.9. The van der Waals surface area contributed by atoms with Crippen molar-refractivity contribution in [1.82, 2.24) is 10.2 Å². The van der Waals surface area contributed by atoms with Crippen molar-refractivity contribution in [2.24, 2.45) is 0 Å². The van der Waals surface area contributed by atoms with Crippen molar-refractivity contribution in [1.29, 1.82) is 0 Å². The second-order valence-corrected chi connectivity index (χ2v) is 8.01. The fourth-order valence-electron chi connectivity index (χ4n) is 3.84. The van der Waals surface area contributed by atoms with E-state index in [9.17, 15) is 9.59 Å². The highest BCUT2D eigenvalue weighted by Gasteiger charge is 2.21. The van der Waals surface area contributed by atoms with Gasteiger partial charge in [0, 0.05) is 50.4 Å². The molecule has 4 rings (SSSR count). The molecule has 0 aromatic heterocycles. The van der Waals surface area contributed by atoms with Gasteiger partial charge in [0.25, 0.3) is 5.91 Å². The molecule has 3 aromatic rings. The molecule has 0 unspecified atom stereocenters. The summed E-state index contributed by atoms with van der Waals surface area (Å²) in [5, 5.41) is 2.84. The molecule has 1 aliphatic heterocycles. The van der Waals surface area contributed by atoms with E-state index in [1.165, 1.54) is 5.69 Å². The minimum absolute atomic E-state index is 0.0765. The average molecular weight is 444 g/mol. The predicted octanol–water partition coefficient (Wildman–Crippen LogP) is 3.73. The molecule has 2 amide bonds. The highest BCUT2D eigenvalue weighted by molar-refractivity contribution is 5.94. The van der Waals surface area contributed by atoms with Gasteiger partial charge in [0.05, 0.1) is 0 Å². The molecule has 170 valence electrons. The molecule has 1 fully saturated rings. The van der Waals surface area contributed by atoms with Gasteiger partial charge in [-0.3, -0.25) is 9.59 Å². The van der Waals surface area contributed by atoms with Crippen molar-refractivity contribution in [2.45, 2.75) is 13.0 Å². The molecule has 6 heteroatoms. The van der Waals surface area contributed by atoms with Gasteiger partial charge < -0.3 is 19.9 Å². The predicted molar refractivity (Wildman–Crippen MR) is 129 cm³/mol. The Bertz CT molecular complexity index is 1030. The van der Waals surface area contributed by atoms with Crippen LogP contribution in [0.2, 0.25) is 0 Å². The number of para-hydroxylation sites is 1. The van der Waals surface area contributed by atoms with Crippen LogP contribution in [-0.4, -0.2) is 49.4 Å². The Balaban J connectivity index is 1.16. The van der Waals surface area contributed by atoms with Crippen molar-refractivity contribution < 1.29 is 14.3 Å². The summed E-state index contributed by atoms with van der Waals surface area (Å²) in [6, 6.07) is 27.2. The fourth-order valence-corrected chi connectivity index (χ4v) is 3.84. The zero-order valence-electron chi connectivity index (χ0n) is 18.7. The summed E-state index contributed by atoms with van der Waals surface area (Å²) < 4.78 is 5.76. The molecule has 0 radical (unpaired) electrons. The van der Waals surface area contributed by atoms with Gasteiger partial charge in [0.15, 0.2) is 0 Å². The van der Waals surface area contributed by atoms with Crippen LogP contribution in [-0.2, 0) is 11.4 Å². The molecule has 1 heterocycles. The minimum atomic E-state index is -0.189. The summed E-state index contributed by atoms with van der Waals surface area (Å²) in [5.41, 5.74) is 2.82. The van der Waals surface area contributed by atoms with Crippen LogP contribution in [0.3, 0.4) is 0 Å². The lowest BCUT2D eigenvalue weighted by molar-refractivity contribution is -0.131. The summed E-state index contributed by atoms with van der Waals surface area (Å²) in [5.74, 6) is 0.596. The molecular formula is C27H29N3O3. The standard InChI is InChI=1S/C27H29N3O3/c31-26(30-19-17-29(18-20-30)24-9-5-2-6-10-24)15-16-28-27(32)23-11-13-25(14-12-23)33-21-22-7-3-1-4-8-22/h1-14H,15-21H2,(H,28,32). The van der Waals surface area contributed by atoms with Crippen LogP contribution in [0.4, 0.5) is 5.69 Å². The number of hydrogen-bond donors (Lipinski definition) is 1. The lowest BCUT2D eigenvalue weighted by Gasteiger charge is -2.36. The maximum atomic E-state index is 12.5. The Morgan fingerprint density at radius 1 is 0.788 bits per heavy atom. The van der Waals surface area contributed by atoms with Crippen LogP contribution >= 0.6 is 0 Å². The number of rotatable bonds is 8. The second kappa shape index (κ2) is 11.2. The van der Waals surface area contributed by atoms with Crippen LogP contribution in [0, 0.1) is 0 Å². The van der Waals surface area contributed by atoms with Gasteiger partial charge in [-0.15, -0.1) is 0 Å². The molecule has 0 bridgehead atoms. The van der Waals surface area contributed by atoms with Gasteiger partial charge in [-0.2, -0.15) is 0 Å². The van der Waals surface area contributed by atoms with E-state index in [2.05, 4.69) is 22.3 Å². The third-order valence-corrected chi connectivity index (χ3v) is 5.74. The first kappa shape index (κ1) is 22.4. The number of amides is 2. The maximum Gasteiger partial charge on any atom is 0.251 e. The first-order valence-electron chi connectivity index (χ1n) is 11.3. The van der Waals surface area contributed by atoms with E-state index in [0.717, 1.165) is 18.7 Å². The van der Waals surface area contributed by atoms with Crippen molar-refractivity contribution in [3.8, 4) is 5.75 Å². The first-order valence-corrected chi connectivity index (χ1v) is 11.3. The largest absolute Gasteiger partial charge is 0.489 e. The Hall–Kier alpha value is -3.80. The Kier molecular flexibility index (Phi) is 7.59. The topological polar surface area (TPSA) is 61.9 Å². The number of ether oxygens (including phenoxy) is 1. The fraction of sp³-hybridized carbons (Fsp3) is 0.259. The number of carbonyl (C=O) groups is 2. The summed E-state index contributed by atoms with van der Waals surface area (Å²) in [7, 11) is 0. The van der Waals surface area contributed by atoms with Crippen LogP contribution in [0.25, 0.3) is 0 Å². The van der Waals surface area contributed by atoms with E-state index in [0.29, 0.717) is 44.0 Å². The van der Waals surface area contributed by atoms with Gasteiger partial charge in [-0.25, -0.2) is 0 Å². The Morgan fingerprint density at radius 3 is 2.09 bits per heavy atom. The average Bonchev–Trinajstić information content (AvgIpc) is 2.89. The van der Waals surface area contributed by atoms with E-state index in [1.807, 2.05) is 53.4 Å². The first-order chi connectivity index (χ1) is 16.2. The molecular weight excluding hydrogens is 414 g/mol. The van der Waals surface area contributed by atoms with Crippen molar-refractivity contribution in [3.63, 3.8) is 0 Å². The number of hydrogen-bond acceptors (Lipinski definition) is 4. The van der Waals surface area contributed by atoms with Gasteiger partial charge >= 0.3 is 0 Å². The summed E-state index contributed by atoms with van der Waals surface area (Å²) in [6.07, 6.45) is 0.301. The molecule has 1 aliphatic rings. The number of benzene rings is 3. The Morgan fingerprint density at radius 2 is 1.42 bits per heavy atom. The Labute approximate surface area is 194 Å². The van der Waals surface area contributed by atoms with Gasteiger partial charge in [0.2, 0.25) is 5.91 Å². The summed E-state index contributed by atoms with van der Waals surface area (Å²) >= 11 is 0. The quantitative estimate of drug-likeness (QED) is 0.576. The van der Waals surface area contributed by atoms with Crippen LogP contribution in [0.15, 0.2) is 84.9 Å². The number of nitrogens with one attached hydrogen (secondary N) is 1. The lowest BCUT2D eigenvalue weighted by atomic mass is 10.2. The highest BCUT2D eigenvalue weighted by atomic mass is 16.5. The van der Waals surface area contributed by atoms with E-state index in [4.69, 9.17) is 4.74 Å². The lowest BCUT2D eigenvalue weighted by Crippen LogP contribution is -2.49. The molecule has 1 saturated heterocycles. The third kappa shape index (κ3) is 6.35. The van der Waals surface area contributed by atoms with E-state index >= 15 is 0 Å². The summed E-state index contributed by atoms with van der Waals surface area (Å²) in [4.78, 5) is 29.1. The number of piperazine rings is 1. The molecule has 6 nitrogen and oxygen atoms in total. The third-order valence-electron chi connectivity index (χ3n) is 5.74. The zero-order valence-corrected chi connectivity index (χ0v) is 18.7. The van der Waals surface area contributed by atoms with E-state index < -0.39 is 0 Å². The molecule has 0 saturated carbocycles. The molecule has 1 N–H and O–H groups in total. The highest BCUT2D eigenvalue weighted by Crippen LogP contribution is 2.16. The van der Waals surface area contributed by atoms with Crippen LogP contribution in [0.1, 0.15) is 22.3 Å². The van der Waals surface area contributed by atoms with Crippen molar-refractivity contribution >= 4 is 17.5 Å². The minimum Gasteiger partial charge on any atom is -0.489 e. The van der Waals surface area contributed by atoms with E-state index in [-0.39, 0.29) is 11.8 Å². The van der Waals surface area contributed by atoms with Gasteiger partial charge in [0.1, 0.15) is 12.4 Å². The van der Waals surface area contributed by atoms with Crippen molar-refractivity contribution in [3.05, 3.63) is 96.1 Å². The second-order valence-electron chi connectivity index (χ2n) is 8.01. The van der Waals surface area contributed by atoms with Gasteiger partial charge in [-0.1, -0.05) is 48.5 Å². The SMILES string of the molecule is O=C(NCCC(=O)N1CCN(c2ccccc2)CC1)c1ccc(OCc2ccccc2)cc1. The van der Waals surface area contributed by atoms with Crippen LogP contribution < -0.4 is 15.0 Å². The molecule has 3 aromatic carbocycles. The molecule has 33 heavy (non-hydrogen) atoms. The normalized spacial score (nSPS) is 13.5. The maximum absolute atomic E-state index is 12.5. The number of anilines is 1. The van der Waals surface area contributed by atoms with Crippen molar-refractivity contribution in [2.75, 3.05) is 37.6 Å². The summed E-state index contributed by atoms with van der Waals surface area (Å²) in [6.45, 7) is 3.84.